The van der Waals surface area contributed by atoms with Crippen molar-refractivity contribution in [3.63, 3.8) is 0 Å². The lowest BCUT2D eigenvalue weighted by Crippen LogP contribution is -2.50. The minimum atomic E-state index is -0.367. The Hall–Kier alpha value is -2.83. The Labute approximate surface area is 196 Å². The molecule has 1 fully saturated rings. The van der Waals surface area contributed by atoms with Gasteiger partial charge >= 0.3 is 0 Å². The summed E-state index contributed by atoms with van der Waals surface area (Å²) in [4.78, 5) is 27.9. The van der Waals surface area contributed by atoms with E-state index >= 15 is 0 Å². The molecule has 1 spiro atoms. The van der Waals surface area contributed by atoms with Crippen molar-refractivity contribution < 1.29 is 14.3 Å². The molecule has 33 heavy (non-hydrogen) atoms. The van der Waals surface area contributed by atoms with Crippen LogP contribution in [0.3, 0.4) is 0 Å². The van der Waals surface area contributed by atoms with Gasteiger partial charge in [-0.05, 0) is 62.1 Å². The Morgan fingerprint density at radius 3 is 2.79 bits per heavy atom. The summed E-state index contributed by atoms with van der Waals surface area (Å²) in [6, 6.07) is 8.21. The largest absolute Gasteiger partial charge is 0.491 e. The predicted molar refractivity (Wildman–Crippen MR) is 127 cm³/mol. The number of hydrogen-bond donors (Lipinski definition) is 2. The number of fused-ring (bicyclic) bond motifs is 1. The van der Waals surface area contributed by atoms with Crippen molar-refractivity contribution in [2.75, 3.05) is 26.2 Å². The first-order valence-electron chi connectivity index (χ1n) is 12.4. The van der Waals surface area contributed by atoms with E-state index in [1.165, 1.54) is 5.56 Å². The summed E-state index contributed by atoms with van der Waals surface area (Å²) in [7, 11) is 0. The van der Waals surface area contributed by atoms with Crippen LogP contribution >= 0.6 is 0 Å². The van der Waals surface area contributed by atoms with Crippen molar-refractivity contribution in [3.05, 3.63) is 47.8 Å². The van der Waals surface area contributed by atoms with E-state index in [4.69, 9.17) is 4.74 Å². The summed E-state index contributed by atoms with van der Waals surface area (Å²) in [6.07, 6.45) is 12.5. The SMILES string of the molecule is O=C(CCCc1cn[nH]c1)N1CCC2(CCCCCc3ccccc3OCCNC2=O)CC1. The topological polar surface area (TPSA) is 87.3 Å². The lowest BCUT2D eigenvalue weighted by Gasteiger charge is -2.41. The molecule has 0 radical (unpaired) electrons. The van der Waals surface area contributed by atoms with Crippen molar-refractivity contribution in [1.29, 1.82) is 0 Å². The number of aromatic amines is 1. The van der Waals surface area contributed by atoms with Crippen molar-refractivity contribution in [3.8, 4) is 5.75 Å². The molecular weight excluding hydrogens is 416 g/mol. The second-order valence-electron chi connectivity index (χ2n) is 9.39. The molecule has 2 N–H and O–H groups in total. The molecule has 2 aliphatic rings. The molecule has 4 rings (SSSR count). The molecule has 1 aromatic carbocycles. The summed E-state index contributed by atoms with van der Waals surface area (Å²) < 4.78 is 5.96. The number of amides is 2. The van der Waals surface area contributed by atoms with Gasteiger partial charge in [-0.1, -0.05) is 31.0 Å². The summed E-state index contributed by atoms with van der Waals surface area (Å²) in [5.74, 6) is 1.26. The van der Waals surface area contributed by atoms with Crippen LogP contribution < -0.4 is 10.1 Å². The summed E-state index contributed by atoms with van der Waals surface area (Å²) in [6.45, 7) is 2.31. The van der Waals surface area contributed by atoms with Crippen LogP contribution in [0.5, 0.6) is 5.75 Å². The minimum absolute atomic E-state index is 0.130. The normalized spacial score (nSPS) is 19.4. The van der Waals surface area contributed by atoms with E-state index in [9.17, 15) is 9.59 Å². The third-order valence-corrected chi connectivity index (χ3v) is 7.19. The number of carbonyl (C=O) groups is 2. The first-order chi connectivity index (χ1) is 16.2. The molecule has 0 unspecified atom stereocenters. The van der Waals surface area contributed by atoms with E-state index in [-0.39, 0.29) is 17.2 Å². The van der Waals surface area contributed by atoms with Gasteiger partial charge in [0.2, 0.25) is 11.8 Å². The van der Waals surface area contributed by atoms with Gasteiger partial charge in [-0.3, -0.25) is 14.7 Å². The maximum absolute atomic E-state index is 13.2. The molecular formula is C26H36N4O3. The number of aromatic nitrogens is 2. The number of rotatable bonds is 4. The smallest absolute Gasteiger partial charge is 0.226 e. The number of piperidine rings is 1. The van der Waals surface area contributed by atoms with Crippen LogP contribution in [-0.4, -0.2) is 53.2 Å². The average Bonchev–Trinajstić information content (AvgIpc) is 3.36. The lowest BCUT2D eigenvalue weighted by atomic mass is 9.73. The Balaban J connectivity index is 1.30. The van der Waals surface area contributed by atoms with E-state index in [0.717, 1.165) is 69.1 Å². The number of hydrogen-bond acceptors (Lipinski definition) is 4. The highest BCUT2D eigenvalue weighted by Crippen LogP contribution is 2.38. The lowest BCUT2D eigenvalue weighted by molar-refractivity contribution is -0.141. The van der Waals surface area contributed by atoms with Crippen LogP contribution in [0.2, 0.25) is 0 Å². The quantitative estimate of drug-likeness (QED) is 0.741. The first-order valence-corrected chi connectivity index (χ1v) is 12.4. The van der Waals surface area contributed by atoms with Gasteiger partial charge in [-0.25, -0.2) is 0 Å². The van der Waals surface area contributed by atoms with Crippen molar-refractivity contribution in [2.45, 2.75) is 64.2 Å². The number of H-pyrrole nitrogens is 1. The summed E-state index contributed by atoms with van der Waals surface area (Å²) >= 11 is 0. The molecule has 2 aliphatic heterocycles. The van der Waals surface area contributed by atoms with Gasteiger partial charge in [0.25, 0.3) is 0 Å². The van der Waals surface area contributed by atoms with E-state index in [1.54, 1.807) is 0 Å². The maximum atomic E-state index is 13.2. The van der Waals surface area contributed by atoms with Gasteiger partial charge in [-0.2, -0.15) is 5.10 Å². The molecule has 0 atom stereocenters. The Morgan fingerprint density at radius 2 is 1.97 bits per heavy atom. The molecule has 1 aromatic heterocycles. The number of nitrogens with zero attached hydrogens (tertiary/aromatic N) is 2. The molecule has 3 heterocycles. The third-order valence-electron chi connectivity index (χ3n) is 7.19. The third kappa shape index (κ3) is 6.15. The number of carbonyl (C=O) groups excluding carboxylic acids is 2. The van der Waals surface area contributed by atoms with Crippen LogP contribution in [0, 0.1) is 5.41 Å². The monoisotopic (exact) mass is 452 g/mol. The molecule has 0 saturated carbocycles. The van der Waals surface area contributed by atoms with Crippen molar-refractivity contribution in [2.24, 2.45) is 5.41 Å². The highest BCUT2D eigenvalue weighted by molar-refractivity contribution is 5.83. The maximum Gasteiger partial charge on any atom is 0.226 e. The second kappa shape index (κ2) is 11.3. The zero-order valence-corrected chi connectivity index (χ0v) is 19.5. The number of likely N-dealkylation sites (tertiary alicyclic amines) is 1. The highest BCUT2D eigenvalue weighted by atomic mass is 16.5. The molecule has 2 amide bonds. The van der Waals surface area contributed by atoms with Crippen LogP contribution in [0.25, 0.3) is 0 Å². The van der Waals surface area contributed by atoms with Crippen molar-refractivity contribution in [1.82, 2.24) is 20.4 Å². The number of para-hydroxylation sites is 1. The van der Waals surface area contributed by atoms with Crippen LogP contribution in [0.15, 0.2) is 36.7 Å². The summed E-state index contributed by atoms with van der Waals surface area (Å²) in [5.41, 5.74) is 2.01. The van der Waals surface area contributed by atoms with Crippen molar-refractivity contribution >= 4 is 11.8 Å². The molecule has 2 aromatic rings. The molecule has 0 bridgehead atoms. The Bertz CT molecular complexity index is 904. The Morgan fingerprint density at radius 1 is 1.12 bits per heavy atom. The van der Waals surface area contributed by atoms with Gasteiger partial charge in [0.05, 0.1) is 18.2 Å². The summed E-state index contributed by atoms with van der Waals surface area (Å²) in [5, 5.41) is 9.89. The fraction of sp³-hybridized carbons (Fsp3) is 0.577. The zero-order chi connectivity index (χ0) is 22.9. The average molecular weight is 453 g/mol. The van der Waals surface area contributed by atoms with E-state index in [0.29, 0.717) is 32.7 Å². The molecule has 0 aliphatic carbocycles. The highest BCUT2D eigenvalue weighted by Gasteiger charge is 2.41. The molecule has 7 heteroatoms. The van der Waals surface area contributed by atoms with Crippen LogP contribution in [-0.2, 0) is 22.4 Å². The van der Waals surface area contributed by atoms with Gasteiger partial charge in [-0.15, -0.1) is 0 Å². The second-order valence-corrected chi connectivity index (χ2v) is 9.39. The van der Waals surface area contributed by atoms with E-state index < -0.39 is 0 Å². The number of ether oxygens (including phenoxy) is 1. The van der Waals surface area contributed by atoms with Gasteiger partial charge < -0.3 is 15.0 Å². The standard InChI is InChI=1S/C26H36N4O3/c31-24(11-6-7-21-19-28-29-20-21)30-16-13-26(14-17-30)12-5-1-2-8-22-9-3-4-10-23(22)33-18-15-27-25(26)32/h3-4,9-10,19-20H,1-2,5-8,11-18H2,(H,27,32)(H,28,29). The number of benzene rings is 1. The van der Waals surface area contributed by atoms with E-state index in [1.807, 2.05) is 29.4 Å². The number of aryl methyl sites for hydroxylation is 2. The minimum Gasteiger partial charge on any atom is -0.491 e. The zero-order valence-electron chi connectivity index (χ0n) is 19.5. The van der Waals surface area contributed by atoms with Gasteiger partial charge in [0.1, 0.15) is 12.4 Å². The fourth-order valence-electron chi connectivity index (χ4n) is 5.11. The van der Waals surface area contributed by atoms with Crippen LogP contribution in [0.1, 0.15) is 62.5 Å². The van der Waals surface area contributed by atoms with E-state index in [2.05, 4.69) is 27.6 Å². The molecule has 178 valence electrons. The number of nitrogens with one attached hydrogen (secondary N) is 2. The molecule has 7 nitrogen and oxygen atoms in total. The van der Waals surface area contributed by atoms with Crippen LogP contribution in [0.4, 0.5) is 0 Å². The first kappa shape index (κ1) is 23.3. The Kier molecular flexibility index (Phi) is 8.02. The molecule has 1 saturated heterocycles. The van der Waals surface area contributed by atoms with Gasteiger partial charge in [0, 0.05) is 25.7 Å². The fourth-order valence-corrected chi connectivity index (χ4v) is 5.11. The predicted octanol–water partition coefficient (Wildman–Crippen LogP) is 3.65. The van der Waals surface area contributed by atoms with Gasteiger partial charge in [0.15, 0.2) is 0 Å².